The summed E-state index contributed by atoms with van der Waals surface area (Å²) in [6.07, 6.45) is 0.606. The Hall–Kier alpha value is -3.93. The van der Waals surface area contributed by atoms with Crippen LogP contribution >= 0.6 is 8.25 Å². The quantitative estimate of drug-likeness (QED) is 0.369. The molecule has 11 heteroatoms. The number of hydrogen-bond acceptors (Lipinski definition) is 6. The van der Waals surface area contributed by atoms with Gasteiger partial charge in [-0.2, -0.15) is 10.4 Å². The average molecular weight is 478 g/mol. The van der Waals surface area contributed by atoms with Crippen molar-refractivity contribution >= 4 is 31.1 Å². The molecule has 1 atom stereocenters. The maximum atomic E-state index is 13.0. The lowest BCUT2D eigenvalue weighted by Crippen LogP contribution is -2.20. The Bertz CT molecular complexity index is 1420. The number of rotatable bonds is 8. The number of nitrogens with zero attached hydrogens (tertiary/aromatic N) is 5. The number of imidazole rings is 1. The van der Waals surface area contributed by atoms with Crippen molar-refractivity contribution in [2.24, 2.45) is 0 Å². The molecule has 0 bridgehead atoms. The van der Waals surface area contributed by atoms with E-state index >= 15 is 0 Å². The summed E-state index contributed by atoms with van der Waals surface area (Å²) >= 11 is 0. The van der Waals surface area contributed by atoms with E-state index in [1.54, 1.807) is 35.0 Å². The Morgan fingerprint density at radius 3 is 2.68 bits per heavy atom. The Morgan fingerprint density at radius 1 is 1.24 bits per heavy atom. The number of hydrogen-bond donors (Lipinski definition) is 2. The predicted octanol–water partition coefficient (Wildman–Crippen LogP) is 3.69. The molecule has 0 aliphatic heterocycles. The summed E-state index contributed by atoms with van der Waals surface area (Å²) in [7, 11) is -3.05. The van der Waals surface area contributed by atoms with Gasteiger partial charge in [-0.3, -0.25) is 14.8 Å². The van der Waals surface area contributed by atoms with E-state index in [-0.39, 0.29) is 5.91 Å². The molecule has 1 unspecified atom stereocenters. The fourth-order valence-corrected chi connectivity index (χ4v) is 4.06. The van der Waals surface area contributed by atoms with E-state index < -0.39 is 8.25 Å². The van der Waals surface area contributed by atoms with Crippen LogP contribution in [0, 0.1) is 18.3 Å². The highest BCUT2D eigenvalue weighted by molar-refractivity contribution is 7.32. The Morgan fingerprint density at radius 2 is 2.00 bits per heavy atom. The van der Waals surface area contributed by atoms with E-state index in [1.165, 1.54) is 0 Å². The molecule has 0 aliphatic rings. The molecule has 2 aromatic heterocycles. The van der Waals surface area contributed by atoms with Crippen LogP contribution in [0.5, 0.6) is 5.75 Å². The van der Waals surface area contributed by atoms with Gasteiger partial charge in [-0.15, -0.1) is 0 Å². The largest absolute Gasteiger partial charge is 0.426 e. The molecule has 1 amide bonds. The number of aromatic nitrogens is 4. The first-order valence-electron chi connectivity index (χ1n) is 10.6. The van der Waals surface area contributed by atoms with Crippen LogP contribution in [0.25, 0.3) is 11.0 Å². The standard InChI is InChI=1S/C23H23N6O4P/c1-3-29-21(12-15(2)27-29)22(30)26-23-25-19-13-17(14-24)6-9-20(19)28(23)11-10-16-4-7-18(8-5-16)33-34(31)32/h4-9,12-13,34H,3,10-11H2,1-2H3,(H,31,32)(H,25,26,30). The van der Waals surface area contributed by atoms with Crippen LogP contribution in [0.15, 0.2) is 48.5 Å². The summed E-state index contributed by atoms with van der Waals surface area (Å²) in [5, 5.41) is 16.5. The van der Waals surface area contributed by atoms with Gasteiger partial charge in [0.25, 0.3) is 5.91 Å². The van der Waals surface area contributed by atoms with Gasteiger partial charge < -0.3 is 14.0 Å². The first-order chi connectivity index (χ1) is 16.4. The zero-order chi connectivity index (χ0) is 24.2. The van der Waals surface area contributed by atoms with Crippen molar-refractivity contribution in [3.05, 3.63) is 71.0 Å². The third kappa shape index (κ3) is 5.01. The third-order valence-corrected chi connectivity index (χ3v) is 5.70. The SMILES string of the molecule is CCn1nc(C)cc1C(=O)Nc1nc2cc(C#N)ccc2n1CCc1ccc(O[PH](=O)O)cc1. The number of anilines is 1. The minimum absolute atomic E-state index is 0.319. The molecule has 10 nitrogen and oxygen atoms in total. The molecule has 4 rings (SSSR count). The first kappa shape index (κ1) is 23.2. The van der Waals surface area contributed by atoms with Crippen LogP contribution in [-0.2, 0) is 24.1 Å². The van der Waals surface area contributed by atoms with E-state index in [2.05, 4.69) is 21.5 Å². The van der Waals surface area contributed by atoms with Crippen LogP contribution < -0.4 is 9.84 Å². The molecule has 2 N–H and O–H groups in total. The lowest BCUT2D eigenvalue weighted by molar-refractivity contribution is 0.101. The van der Waals surface area contributed by atoms with Crippen molar-refractivity contribution in [2.45, 2.75) is 33.4 Å². The Kier molecular flexibility index (Phi) is 6.77. The van der Waals surface area contributed by atoms with Gasteiger partial charge in [-0.25, -0.2) is 9.55 Å². The third-order valence-electron chi connectivity index (χ3n) is 5.29. The van der Waals surface area contributed by atoms with E-state index in [0.717, 1.165) is 16.8 Å². The molecular weight excluding hydrogens is 455 g/mol. The van der Waals surface area contributed by atoms with Gasteiger partial charge in [0.1, 0.15) is 11.4 Å². The summed E-state index contributed by atoms with van der Waals surface area (Å²) < 4.78 is 19.2. The van der Waals surface area contributed by atoms with Crippen molar-refractivity contribution in [1.82, 2.24) is 19.3 Å². The highest BCUT2D eigenvalue weighted by Gasteiger charge is 2.18. The van der Waals surface area contributed by atoms with Crippen molar-refractivity contribution in [3.8, 4) is 11.8 Å². The first-order valence-corrected chi connectivity index (χ1v) is 11.9. The van der Waals surface area contributed by atoms with Crippen LogP contribution in [-0.4, -0.2) is 30.1 Å². The molecule has 4 aromatic rings. The number of aryl methyl sites for hydroxylation is 4. The van der Waals surface area contributed by atoms with Crippen molar-refractivity contribution in [1.29, 1.82) is 5.26 Å². The molecule has 0 saturated carbocycles. The number of nitrogens with one attached hydrogen (secondary N) is 1. The molecular formula is C23H23N6O4P. The summed E-state index contributed by atoms with van der Waals surface area (Å²) in [6, 6.07) is 15.9. The van der Waals surface area contributed by atoms with Gasteiger partial charge in [-0.05, 0) is 62.2 Å². The maximum Gasteiger partial charge on any atom is 0.365 e. The monoisotopic (exact) mass is 478 g/mol. The lowest BCUT2D eigenvalue weighted by Gasteiger charge is -2.11. The van der Waals surface area contributed by atoms with Crippen molar-refractivity contribution in [3.63, 3.8) is 0 Å². The number of carbonyl (C=O) groups excluding carboxylic acids is 1. The molecule has 0 radical (unpaired) electrons. The minimum Gasteiger partial charge on any atom is -0.426 e. The predicted molar refractivity (Wildman–Crippen MR) is 127 cm³/mol. The van der Waals surface area contributed by atoms with Gasteiger partial charge in [0.15, 0.2) is 0 Å². The molecule has 2 aromatic carbocycles. The fraction of sp³-hybridized carbons (Fsp3) is 0.217. The van der Waals surface area contributed by atoms with Crippen LogP contribution in [0.4, 0.5) is 5.95 Å². The molecule has 174 valence electrons. The molecule has 0 fully saturated rings. The number of benzene rings is 2. The minimum atomic E-state index is -3.05. The van der Waals surface area contributed by atoms with Crippen molar-refractivity contribution in [2.75, 3.05) is 5.32 Å². The zero-order valence-corrected chi connectivity index (χ0v) is 19.6. The number of fused-ring (bicyclic) bond motifs is 1. The number of amides is 1. The normalized spacial score (nSPS) is 11.8. The molecule has 34 heavy (non-hydrogen) atoms. The smallest absolute Gasteiger partial charge is 0.365 e. The average Bonchev–Trinajstić information content (AvgIpc) is 3.37. The molecule has 2 heterocycles. The van der Waals surface area contributed by atoms with E-state index in [0.29, 0.717) is 48.0 Å². The highest BCUT2D eigenvalue weighted by Crippen LogP contribution is 2.25. The number of nitriles is 1. The second-order valence-electron chi connectivity index (χ2n) is 7.61. The topological polar surface area (TPSA) is 135 Å². The van der Waals surface area contributed by atoms with Crippen molar-refractivity contribution < 1.29 is 18.8 Å². The van der Waals surface area contributed by atoms with E-state index in [1.807, 2.05) is 36.6 Å². The fourth-order valence-electron chi connectivity index (χ4n) is 3.72. The molecule has 0 aliphatic carbocycles. The lowest BCUT2D eigenvalue weighted by atomic mass is 10.1. The Labute approximate surface area is 196 Å². The van der Waals surface area contributed by atoms with Crippen LogP contribution in [0.1, 0.15) is 34.2 Å². The van der Waals surface area contributed by atoms with Gasteiger partial charge >= 0.3 is 8.25 Å². The van der Waals surface area contributed by atoms with E-state index in [9.17, 15) is 14.6 Å². The summed E-state index contributed by atoms with van der Waals surface area (Å²) in [4.78, 5) is 26.5. The van der Waals surface area contributed by atoms with E-state index in [4.69, 9.17) is 9.42 Å². The molecule has 0 spiro atoms. The molecule has 0 saturated heterocycles. The highest BCUT2D eigenvalue weighted by atomic mass is 31.1. The van der Waals surface area contributed by atoms with Gasteiger partial charge in [0, 0.05) is 13.1 Å². The summed E-state index contributed by atoms with van der Waals surface area (Å²) in [5.74, 6) is 0.374. The second-order valence-corrected chi connectivity index (χ2v) is 8.34. The Balaban J connectivity index is 1.63. The summed E-state index contributed by atoms with van der Waals surface area (Å²) in [5.41, 5.74) is 4.03. The van der Waals surface area contributed by atoms with Gasteiger partial charge in [-0.1, -0.05) is 12.1 Å². The zero-order valence-electron chi connectivity index (χ0n) is 18.6. The van der Waals surface area contributed by atoms with Crippen LogP contribution in [0.3, 0.4) is 0 Å². The number of carbonyl (C=O) groups is 1. The second kappa shape index (κ2) is 9.91. The summed E-state index contributed by atoms with van der Waals surface area (Å²) in [6.45, 7) is 4.80. The van der Waals surface area contributed by atoms with Gasteiger partial charge in [0.05, 0.1) is 28.4 Å². The maximum absolute atomic E-state index is 13.0. The van der Waals surface area contributed by atoms with Gasteiger partial charge in [0.2, 0.25) is 5.95 Å². The van der Waals surface area contributed by atoms with Crippen LogP contribution in [0.2, 0.25) is 0 Å².